The van der Waals surface area contributed by atoms with E-state index in [1.54, 1.807) is 0 Å². The van der Waals surface area contributed by atoms with Gasteiger partial charge in [-0.1, -0.05) is 26.7 Å². The predicted molar refractivity (Wildman–Crippen MR) is 56.7 cm³/mol. The van der Waals surface area contributed by atoms with Crippen molar-refractivity contribution in [1.82, 2.24) is 5.32 Å². The third-order valence-corrected chi connectivity index (χ3v) is 4.12. The molecule has 2 fully saturated rings. The molecule has 0 amide bonds. The first-order valence-electron chi connectivity index (χ1n) is 6.00. The van der Waals surface area contributed by atoms with E-state index >= 15 is 0 Å². The van der Waals surface area contributed by atoms with E-state index < -0.39 is 0 Å². The highest BCUT2D eigenvalue weighted by molar-refractivity contribution is 4.85. The zero-order valence-corrected chi connectivity index (χ0v) is 9.05. The summed E-state index contributed by atoms with van der Waals surface area (Å²) in [7, 11) is 0. The van der Waals surface area contributed by atoms with Crippen LogP contribution in [0.2, 0.25) is 0 Å². The van der Waals surface area contributed by atoms with Crippen LogP contribution in [0.15, 0.2) is 0 Å². The quantitative estimate of drug-likeness (QED) is 0.703. The first-order chi connectivity index (χ1) is 6.27. The molecule has 2 aliphatic carbocycles. The molecule has 1 heteroatoms. The number of nitrogens with one attached hydrogen (secondary N) is 1. The maximum absolute atomic E-state index is 3.73. The summed E-state index contributed by atoms with van der Waals surface area (Å²) >= 11 is 0. The van der Waals surface area contributed by atoms with Crippen molar-refractivity contribution >= 4 is 0 Å². The van der Waals surface area contributed by atoms with Gasteiger partial charge in [0.25, 0.3) is 0 Å². The fourth-order valence-electron chi connectivity index (χ4n) is 2.53. The highest BCUT2D eigenvalue weighted by atomic mass is 14.9. The minimum atomic E-state index is 0.828. The van der Waals surface area contributed by atoms with Crippen LogP contribution in [0.3, 0.4) is 0 Å². The predicted octanol–water partition coefficient (Wildman–Crippen LogP) is 2.81. The standard InChI is InChI=1S/C12H23N/c1-9-3-6-12(10(9)2)13-8-7-11-4-5-11/h9-13H,3-8H2,1-2H3. The number of hydrogen-bond donors (Lipinski definition) is 1. The van der Waals surface area contributed by atoms with E-state index in [2.05, 4.69) is 19.2 Å². The van der Waals surface area contributed by atoms with E-state index in [0.29, 0.717) is 0 Å². The van der Waals surface area contributed by atoms with E-state index in [9.17, 15) is 0 Å². The van der Waals surface area contributed by atoms with Crippen molar-refractivity contribution in [3.63, 3.8) is 0 Å². The topological polar surface area (TPSA) is 12.0 Å². The van der Waals surface area contributed by atoms with Crippen LogP contribution in [0.5, 0.6) is 0 Å². The van der Waals surface area contributed by atoms with Gasteiger partial charge in [-0.05, 0) is 43.6 Å². The Hall–Kier alpha value is -0.0400. The largest absolute Gasteiger partial charge is 0.314 e. The Bertz CT molecular complexity index is 163. The summed E-state index contributed by atoms with van der Waals surface area (Å²) in [6, 6.07) is 0.828. The van der Waals surface area contributed by atoms with Crippen LogP contribution in [-0.4, -0.2) is 12.6 Å². The minimum absolute atomic E-state index is 0.828. The number of rotatable bonds is 4. The second-order valence-electron chi connectivity index (χ2n) is 5.21. The molecule has 2 rings (SSSR count). The van der Waals surface area contributed by atoms with Crippen LogP contribution >= 0.6 is 0 Å². The Morgan fingerprint density at radius 1 is 1.08 bits per heavy atom. The lowest BCUT2D eigenvalue weighted by atomic mass is 9.98. The monoisotopic (exact) mass is 181 g/mol. The van der Waals surface area contributed by atoms with Gasteiger partial charge in [0.1, 0.15) is 0 Å². The van der Waals surface area contributed by atoms with E-state index in [4.69, 9.17) is 0 Å². The third-order valence-electron chi connectivity index (χ3n) is 4.12. The molecule has 0 aromatic carbocycles. The third kappa shape index (κ3) is 2.46. The first kappa shape index (κ1) is 9.51. The van der Waals surface area contributed by atoms with Crippen molar-refractivity contribution < 1.29 is 0 Å². The molecular formula is C12H23N. The normalized spacial score (nSPS) is 39.7. The zero-order chi connectivity index (χ0) is 9.26. The van der Waals surface area contributed by atoms with Gasteiger partial charge in [-0.25, -0.2) is 0 Å². The Balaban J connectivity index is 1.63. The smallest absolute Gasteiger partial charge is 0.00953 e. The highest BCUT2D eigenvalue weighted by Crippen LogP contribution is 2.33. The molecule has 0 heterocycles. The Morgan fingerprint density at radius 3 is 2.38 bits per heavy atom. The second kappa shape index (κ2) is 4.00. The summed E-state index contributed by atoms with van der Waals surface area (Å²) < 4.78 is 0. The van der Waals surface area contributed by atoms with Gasteiger partial charge in [0.05, 0.1) is 0 Å². The van der Waals surface area contributed by atoms with Crippen molar-refractivity contribution in [3.05, 3.63) is 0 Å². The Morgan fingerprint density at radius 2 is 1.85 bits per heavy atom. The summed E-state index contributed by atoms with van der Waals surface area (Å²) in [5, 5.41) is 3.73. The van der Waals surface area contributed by atoms with E-state index in [0.717, 1.165) is 23.8 Å². The molecule has 0 bridgehead atoms. The molecule has 1 N–H and O–H groups in total. The van der Waals surface area contributed by atoms with Crippen molar-refractivity contribution in [2.24, 2.45) is 17.8 Å². The van der Waals surface area contributed by atoms with Gasteiger partial charge in [-0.15, -0.1) is 0 Å². The fraction of sp³-hybridized carbons (Fsp3) is 1.00. The summed E-state index contributed by atoms with van der Waals surface area (Å²) in [4.78, 5) is 0. The van der Waals surface area contributed by atoms with Gasteiger partial charge in [0.2, 0.25) is 0 Å². The van der Waals surface area contributed by atoms with Crippen LogP contribution in [0.4, 0.5) is 0 Å². The molecule has 3 atom stereocenters. The van der Waals surface area contributed by atoms with Gasteiger partial charge in [-0.3, -0.25) is 0 Å². The highest BCUT2D eigenvalue weighted by Gasteiger charge is 2.29. The van der Waals surface area contributed by atoms with Crippen molar-refractivity contribution in [2.45, 2.75) is 52.0 Å². The van der Waals surface area contributed by atoms with Crippen molar-refractivity contribution in [3.8, 4) is 0 Å². The van der Waals surface area contributed by atoms with Crippen LogP contribution in [0.25, 0.3) is 0 Å². The average Bonchev–Trinajstić information content (AvgIpc) is 2.88. The van der Waals surface area contributed by atoms with Gasteiger partial charge in [0.15, 0.2) is 0 Å². The SMILES string of the molecule is CC1CCC(NCCC2CC2)C1C. The lowest BCUT2D eigenvalue weighted by Gasteiger charge is -2.19. The molecule has 1 nitrogen and oxygen atoms in total. The molecule has 0 aromatic rings. The lowest BCUT2D eigenvalue weighted by Crippen LogP contribution is -2.33. The van der Waals surface area contributed by atoms with Crippen LogP contribution in [-0.2, 0) is 0 Å². The van der Waals surface area contributed by atoms with Gasteiger partial charge in [0, 0.05) is 6.04 Å². The lowest BCUT2D eigenvalue weighted by molar-refractivity contribution is 0.367. The van der Waals surface area contributed by atoms with Gasteiger partial charge >= 0.3 is 0 Å². The number of hydrogen-bond acceptors (Lipinski definition) is 1. The average molecular weight is 181 g/mol. The summed E-state index contributed by atoms with van der Waals surface area (Å²) in [6.45, 7) is 6.08. The van der Waals surface area contributed by atoms with Gasteiger partial charge in [-0.2, -0.15) is 0 Å². The molecule has 0 aromatic heterocycles. The fourth-order valence-corrected chi connectivity index (χ4v) is 2.53. The molecule has 0 aliphatic heterocycles. The Kier molecular flexibility index (Phi) is 2.92. The maximum atomic E-state index is 3.73. The van der Waals surface area contributed by atoms with E-state index in [-0.39, 0.29) is 0 Å². The zero-order valence-electron chi connectivity index (χ0n) is 9.05. The summed E-state index contributed by atoms with van der Waals surface area (Å²) in [5.41, 5.74) is 0. The molecular weight excluding hydrogens is 158 g/mol. The van der Waals surface area contributed by atoms with Crippen LogP contribution in [0, 0.1) is 17.8 Å². The molecule has 0 spiro atoms. The summed E-state index contributed by atoms with van der Waals surface area (Å²) in [6.07, 6.45) is 7.27. The van der Waals surface area contributed by atoms with Crippen LogP contribution in [0.1, 0.15) is 46.0 Å². The summed E-state index contributed by atoms with van der Waals surface area (Å²) in [5.74, 6) is 2.93. The van der Waals surface area contributed by atoms with Crippen molar-refractivity contribution in [1.29, 1.82) is 0 Å². The second-order valence-corrected chi connectivity index (χ2v) is 5.21. The molecule has 0 saturated heterocycles. The molecule has 2 aliphatic rings. The van der Waals surface area contributed by atoms with Crippen molar-refractivity contribution in [2.75, 3.05) is 6.54 Å². The van der Waals surface area contributed by atoms with Crippen LogP contribution < -0.4 is 5.32 Å². The molecule has 3 unspecified atom stereocenters. The molecule has 13 heavy (non-hydrogen) atoms. The maximum Gasteiger partial charge on any atom is 0.00953 e. The first-order valence-corrected chi connectivity index (χ1v) is 6.00. The molecule has 76 valence electrons. The molecule has 0 radical (unpaired) electrons. The van der Waals surface area contributed by atoms with E-state index in [1.807, 2.05) is 0 Å². The van der Waals surface area contributed by atoms with E-state index in [1.165, 1.54) is 38.6 Å². The minimum Gasteiger partial charge on any atom is -0.314 e. The van der Waals surface area contributed by atoms with Gasteiger partial charge < -0.3 is 5.32 Å². The Labute approximate surface area is 82.3 Å². The molecule has 2 saturated carbocycles.